The van der Waals surface area contributed by atoms with E-state index >= 15 is 0 Å². The molecular weight excluding hydrogens is 376 g/mol. The first-order valence-corrected chi connectivity index (χ1v) is 9.77. The lowest BCUT2D eigenvalue weighted by atomic mass is 10.1. The molecule has 0 spiro atoms. The number of hydrogen-bond donors (Lipinski definition) is 1. The van der Waals surface area contributed by atoms with Crippen LogP contribution in [0.2, 0.25) is 5.02 Å². The molecule has 1 atom stereocenters. The van der Waals surface area contributed by atoms with E-state index in [2.05, 4.69) is 5.32 Å². The van der Waals surface area contributed by atoms with Crippen LogP contribution in [-0.2, 0) is 22.6 Å². The van der Waals surface area contributed by atoms with Crippen LogP contribution in [0.25, 0.3) is 0 Å². The van der Waals surface area contributed by atoms with Gasteiger partial charge in [-0.2, -0.15) is 0 Å². The fourth-order valence-corrected chi connectivity index (χ4v) is 3.01. The lowest BCUT2D eigenvalue weighted by molar-refractivity contribution is -0.140. The van der Waals surface area contributed by atoms with E-state index in [1.807, 2.05) is 49.4 Å². The van der Waals surface area contributed by atoms with Gasteiger partial charge in [-0.1, -0.05) is 48.9 Å². The molecule has 0 aliphatic heterocycles. The van der Waals surface area contributed by atoms with Gasteiger partial charge in [0.15, 0.2) is 0 Å². The lowest BCUT2D eigenvalue weighted by Gasteiger charge is -2.29. The summed E-state index contributed by atoms with van der Waals surface area (Å²) in [5.74, 6) is 0.428. The van der Waals surface area contributed by atoms with Crippen LogP contribution < -0.4 is 10.1 Å². The third-order valence-electron chi connectivity index (χ3n) is 4.53. The van der Waals surface area contributed by atoms with Gasteiger partial charge in [0.25, 0.3) is 0 Å². The molecule has 2 aromatic rings. The van der Waals surface area contributed by atoms with Crippen molar-refractivity contribution in [2.75, 3.05) is 13.7 Å². The molecule has 2 rings (SSSR count). The smallest absolute Gasteiger partial charge is 0.242 e. The van der Waals surface area contributed by atoms with E-state index in [9.17, 15) is 9.59 Å². The molecule has 1 N–H and O–H groups in total. The second-order valence-corrected chi connectivity index (χ2v) is 7.01. The molecule has 28 heavy (non-hydrogen) atoms. The summed E-state index contributed by atoms with van der Waals surface area (Å²) < 4.78 is 5.18. The number of rotatable bonds is 9. The molecular formula is C22H27ClN2O3. The summed E-state index contributed by atoms with van der Waals surface area (Å²) in [6.45, 7) is 4.65. The highest BCUT2D eigenvalue weighted by molar-refractivity contribution is 6.31. The third kappa shape index (κ3) is 5.99. The summed E-state index contributed by atoms with van der Waals surface area (Å²) >= 11 is 6.21. The van der Waals surface area contributed by atoms with Crippen LogP contribution >= 0.6 is 11.6 Å². The number of ether oxygens (including phenoxy) is 1. The molecule has 0 saturated heterocycles. The zero-order chi connectivity index (χ0) is 20.5. The van der Waals surface area contributed by atoms with E-state index in [1.165, 1.54) is 0 Å². The molecule has 0 aromatic heterocycles. The lowest BCUT2D eigenvalue weighted by Crippen LogP contribution is -2.48. The van der Waals surface area contributed by atoms with Crippen LogP contribution in [0.3, 0.4) is 0 Å². The van der Waals surface area contributed by atoms with Crippen molar-refractivity contribution in [1.82, 2.24) is 10.2 Å². The standard InChI is InChI=1S/C22H27ClN2O3/c1-4-13-24-22(27)16(2)25(15-17-9-11-19(28-3)12-10-17)21(26)14-18-7-5-6-8-20(18)23/h5-12,16H,4,13-15H2,1-3H3,(H,24,27). The minimum atomic E-state index is -0.594. The maximum Gasteiger partial charge on any atom is 0.242 e. The monoisotopic (exact) mass is 402 g/mol. The van der Waals surface area contributed by atoms with E-state index in [4.69, 9.17) is 16.3 Å². The van der Waals surface area contributed by atoms with Crippen molar-refractivity contribution >= 4 is 23.4 Å². The summed E-state index contributed by atoms with van der Waals surface area (Å²) in [5.41, 5.74) is 1.67. The summed E-state index contributed by atoms with van der Waals surface area (Å²) in [7, 11) is 1.61. The number of hydrogen-bond acceptors (Lipinski definition) is 3. The number of nitrogens with one attached hydrogen (secondary N) is 1. The molecule has 0 fully saturated rings. The minimum Gasteiger partial charge on any atom is -0.497 e. The number of amides is 2. The minimum absolute atomic E-state index is 0.140. The number of carbonyl (C=O) groups excluding carboxylic acids is 2. The van der Waals surface area contributed by atoms with Crippen LogP contribution in [0, 0.1) is 0 Å². The first kappa shape index (κ1) is 21.8. The molecule has 0 aliphatic rings. The van der Waals surface area contributed by atoms with Crippen molar-refractivity contribution in [3.05, 3.63) is 64.7 Å². The quantitative estimate of drug-likeness (QED) is 0.693. The number of methoxy groups -OCH3 is 1. The Kier molecular flexibility index (Phi) is 8.33. The molecule has 0 bridgehead atoms. The van der Waals surface area contributed by atoms with E-state index in [0.717, 1.165) is 23.3 Å². The Hall–Kier alpha value is -2.53. The van der Waals surface area contributed by atoms with Gasteiger partial charge in [0.1, 0.15) is 11.8 Å². The van der Waals surface area contributed by atoms with Crippen molar-refractivity contribution in [1.29, 1.82) is 0 Å². The zero-order valence-electron chi connectivity index (χ0n) is 16.6. The van der Waals surface area contributed by atoms with Crippen molar-refractivity contribution < 1.29 is 14.3 Å². The Labute approximate surface area is 171 Å². The molecule has 5 nitrogen and oxygen atoms in total. The maximum atomic E-state index is 13.1. The molecule has 0 heterocycles. The van der Waals surface area contributed by atoms with Crippen LogP contribution in [0.15, 0.2) is 48.5 Å². The van der Waals surface area contributed by atoms with Crippen LogP contribution in [-0.4, -0.2) is 36.4 Å². The Morgan fingerprint density at radius 3 is 2.43 bits per heavy atom. The normalized spacial score (nSPS) is 11.6. The molecule has 0 radical (unpaired) electrons. The van der Waals surface area contributed by atoms with Gasteiger partial charge in [-0.3, -0.25) is 9.59 Å². The fourth-order valence-electron chi connectivity index (χ4n) is 2.81. The van der Waals surface area contributed by atoms with Gasteiger partial charge in [-0.25, -0.2) is 0 Å². The number of halogens is 1. The van der Waals surface area contributed by atoms with Gasteiger partial charge in [-0.15, -0.1) is 0 Å². The van der Waals surface area contributed by atoms with Crippen LogP contribution in [0.1, 0.15) is 31.4 Å². The average molecular weight is 403 g/mol. The van der Waals surface area contributed by atoms with Crippen molar-refractivity contribution in [3.8, 4) is 5.75 Å². The maximum absolute atomic E-state index is 13.1. The van der Waals surface area contributed by atoms with Crippen molar-refractivity contribution in [2.24, 2.45) is 0 Å². The van der Waals surface area contributed by atoms with Gasteiger partial charge in [0, 0.05) is 18.1 Å². The summed E-state index contributed by atoms with van der Waals surface area (Å²) in [4.78, 5) is 27.2. The Bertz CT molecular complexity index is 793. The first-order valence-electron chi connectivity index (χ1n) is 9.39. The van der Waals surface area contributed by atoms with Crippen LogP contribution in [0.4, 0.5) is 0 Å². The molecule has 1 unspecified atom stereocenters. The van der Waals surface area contributed by atoms with Gasteiger partial charge < -0.3 is 15.0 Å². The van der Waals surface area contributed by atoms with Gasteiger partial charge >= 0.3 is 0 Å². The Balaban J connectivity index is 2.22. The topological polar surface area (TPSA) is 58.6 Å². The van der Waals surface area contributed by atoms with E-state index < -0.39 is 6.04 Å². The molecule has 2 amide bonds. The van der Waals surface area contributed by atoms with Gasteiger partial charge in [0.2, 0.25) is 11.8 Å². The first-order chi connectivity index (χ1) is 13.5. The van der Waals surface area contributed by atoms with Crippen molar-refractivity contribution in [3.63, 3.8) is 0 Å². The molecule has 0 saturated carbocycles. The van der Waals surface area contributed by atoms with Crippen LogP contribution in [0.5, 0.6) is 5.75 Å². The Morgan fingerprint density at radius 1 is 1.14 bits per heavy atom. The second kappa shape index (κ2) is 10.7. The molecule has 0 aliphatic carbocycles. The summed E-state index contributed by atoms with van der Waals surface area (Å²) in [5, 5.41) is 3.41. The largest absolute Gasteiger partial charge is 0.497 e. The zero-order valence-corrected chi connectivity index (χ0v) is 17.3. The molecule has 2 aromatic carbocycles. The fraction of sp³-hybridized carbons (Fsp3) is 0.364. The average Bonchev–Trinajstić information content (AvgIpc) is 2.71. The highest BCUT2D eigenvalue weighted by Gasteiger charge is 2.26. The van der Waals surface area contributed by atoms with E-state index in [-0.39, 0.29) is 18.2 Å². The number of benzene rings is 2. The SMILES string of the molecule is CCCNC(=O)C(C)N(Cc1ccc(OC)cc1)C(=O)Cc1ccccc1Cl. The molecule has 6 heteroatoms. The van der Waals surface area contributed by atoms with Gasteiger partial charge in [0.05, 0.1) is 13.5 Å². The number of carbonyl (C=O) groups is 2. The number of nitrogens with zero attached hydrogens (tertiary/aromatic N) is 1. The Morgan fingerprint density at radius 2 is 1.82 bits per heavy atom. The second-order valence-electron chi connectivity index (χ2n) is 6.60. The van der Waals surface area contributed by atoms with Crippen molar-refractivity contribution in [2.45, 2.75) is 39.3 Å². The predicted molar refractivity (Wildman–Crippen MR) is 111 cm³/mol. The molecule has 150 valence electrons. The third-order valence-corrected chi connectivity index (χ3v) is 4.90. The predicted octanol–water partition coefficient (Wildman–Crippen LogP) is 3.83. The van der Waals surface area contributed by atoms with E-state index in [0.29, 0.717) is 18.1 Å². The highest BCUT2D eigenvalue weighted by Crippen LogP contribution is 2.19. The van der Waals surface area contributed by atoms with Gasteiger partial charge in [-0.05, 0) is 42.7 Å². The summed E-state index contributed by atoms with van der Waals surface area (Å²) in [6.07, 6.45) is 0.978. The van der Waals surface area contributed by atoms with E-state index in [1.54, 1.807) is 25.0 Å². The summed E-state index contributed by atoms with van der Waals surface area (Å²) in [6, 6.07) is 14.1. The highest BCUT2D eigenvalue weighted by atomic mass is 35.5.